The Morgan fingerprint density at radius 1 is 1.13 bits per heavy atom. The Morgan fingerprint density at radius 3 is 2.68 bits per heavy atom. The van der Waals surface area contributed by atoms with E-state index in [4.69, 9.17) is 4.74 Å². The molecule has 0 aliphatic rings. The van der Waals surface area contributed by atoms with Gasteiger partial charge < -0.3 is 14.8 Å². The molecule has 4 aromatic rings. The number of methoxy groups -OCH3 is 1. The number of aromatic amines is 2. The van der Waals surface area contributed by atoms with Crippen LogP contribution in [0, 0.1) is 0 Å². The molecule has 0 unspecified atom stereocenters. The third-order valence-electron chi connectivity index (χ3n) is 5.18. The molecule has 0 amide bonds. The van der Waals surface area contributed by atoms with Gasteiger partial charge in [-0.15, -0.1) is 0 Å². The van der Waals surface area contributed by atoms with Gasteiger partial charge in [0.2, 0.25) is 5.88 Å². The van der Waals surface area contributed by atoms with Crippen LogP contribution in [0.1, 0.15) is 18.1 Å². The first-order valence-corrected chi connectivity index (χ1v) is 9.79. The predicted octanol–water partition coefficient (Wildman–Crippen LogP) is 2.77. The Morgan fingerprint density at radius 2 is 1.87 bits per heavy atom. The molecule has 158 valence electrons. The summed E-state index contributed by atoms with van der Waals surface area (Å²) in [6.45, 7) is 2.05. The van der Waals surface area contributed by atoms with Crippen LogP contribution in [-0.4, -0.2) is 39.0 Å². The van der Waals surface area contributed by atoms with E-state index in [1.165, 1.54) is 7.11 Å². The van der Waals surface area contributed by atoms with Gasteiger partial charge in [0, 0.05) is 29.4 Å². The van der Waals surface area contributed by atoms with Crippen LogP contribution in [-0.2, 0) is 6.42 Å². The van der Waals surface area contributed by atoms with Gasteiger partial charge in [0.25, 0.3) is 5.56 Å². The topological polar surface area (TPSA) is 112 Å². The molecule has 0 aliphatic carbocycles. The summed E-state index contributed by atoms with van der Waals surface area (Å²) >= 11 is 0. The van der Waals surface area contributed by atoms with Crippen molar-refractivity contribution in [3.8, 4) is 17.3 Å². The minimum atomic E-state index is -0.762. The molecule has 0 spiro atoms. The highest BCUT2D eigenvalue weighted by molar-refractivity contribution is 6.00. The summed E-state index contributed by atoms with van der Waals surface area (Å²) in [5, 5.41) is 11.9. The highest BCUT2D eigenvalue weighted by Gasteiger charge is 2.19. The van der Waals surface area contributed by atoms with Crippen molar-refractivity contribution in [1.29, 1.82) is 0 Å². The predicted molar refractivity (Wildman–Crippen MR) is 120 cm³/mol. The van der Waals surface area contributed by atoms with E-state index < -0.39 is 17.1 Å². The van der Waals surface area contributed by atoms with Crippen molar-refractivity contribution in [2.75, 3.05) is 13.7 Å². The molecule has 0 saturated carbocycles. The Hall–Kier alpha value is -4.07. The monoisotopic (exact) mass is 418 g/mol. The lowest BCUT2D eigenvalue weighted by molar-refractivity contribution is 0.401. The average Bonchev–Trinajstić information content (AvgIpc) is 3.17. The van der Waals surface area contributed by atoms with E-state index in [-0.39, 0.29) is 5.56 Å². The van der Waals surface area contributed by atoms with Crippen molar-refractivity contribution in [2.24, 2.45) is 4.99 Å². The molecule has 0 radical (unpaired) electrons. The number of hydrogen-bond donors (Lipinski definition) is 3. The number of fused-ring (bicyclic) bond motifs is 1. The van der Waals surface area contributed by atoms with E-state index in [0.29, 0.717) is 30.1 Å². The van der Waals surface area contributed by atoms with Gasteiger partial charge in [-0.25, -0.2) is 9.36 Å². The molecule has 0 aliphatic heterocycles. The molecule has 3 N–H and O–H groups in total. The highest BCUT2D eigenvalue weighted by Crippen LogP contribution is 2.25. The van der Waals surface area contributed by atoms with Gasteiger partial charge in [0.1, 0.15) is 11.3 Å². The molecule has 4 rings (SSSR count). The van der Waals surface area contributed by atoms with Gasteiger partial charge in [0.05, 0.1) is 12.8 Å². The number of ether oxygens (including phenoxy) is 1. The second-order valence-corrected chi connectivity index (χ2v) is 7.04. The van der Waals surface area contributed by atoms with E-state index in [1.54, 1.807) is 31.2 Å². The number of H-pyrrole nitrogens is 2. The number of para-hydroxylation sites is 3. The molecule has 2 heterocycles. The third-order valence-corrected chi connectivity index (χ3v) is 5.18. The van der Waals surface area contributed by atoms with Crippen LogP contribution < -0.4 is 16.0 Å². The summed E-state index contributed by atoms with van der Waals surface area (Å²) in [7, 11) is 1.46. The minimum absolute atomic E-state index is 0.0515. The summed E-state index contributed by atoms with van der Waals surface area (Å²) in [5.41, 5.74) is 1.31. The fourth-order valence-corrected chi connectivity index (χ4v) is 3.65. The Labute approximate surface area is 177 Å². The molecule has 0 bridgehead atoms. The lowest BCUT2D eigenvalue weighted by Crippen LogP contribution is -2.33. The molecule has 0 atom stereocenters. The van der Waals surface area contributed by atoms with E-state index in [0.717, 1.165) is 21.0 Å². The van der Waals surface area contributed by atoms with Crippen molar-refractivity contribution in [2.45, 2.75) is 13.3 Å². The number of rotatable bonds is 6. The van der Waals surface area contributed by atoms with Gasteiger partial charge in [-0.2, -0.15) is 0 Å². The van der Waals surface area contributed by atoms with Crippen LogP contribution in [0.25, 0.3) is 16.6 Å². The van der Waals surface area contributed by atoms with Crippen molar-refractivity contribution in [1.82, 2.24) is 14.5 Å². The van der Waals surface area contributed by atoms with E-state index in [9.17, 15) is 14.7 Å². The van der Waals surface area contributed by atoms with Crippen molar-refractivity contribution in [3.05, 3.63) is 86.7 Å². The quantitative estimate of drug-likeness (QED) is 0.418. The number of hydrogen-bond acceptors (Lipinski definition) is 5. The first-order valence-electron chi connectivity index (χ1n) is 9.79. The number of nitrogens with zero attached hydrogens (tertiary/aromatic N) is 2. The fraction of sp³-hybridized carbons (Fsp3) is 0.174. The number of benzene rings is 2. The Kier molecular flexibility index (Phi) is 5.44. The van der Waals surface area contributed by atoms with Gasteiger partial charge in [-0.05, 0) is 37.1 Å². The average molecular weight is 418 g/mol. The Balaban J connectivity index is 1.68. The maximum Gasteiger partial charge on any atom is 0.335 e. The summed E-state index contributed by atoms with van der Waals surface area (Å²) in [6.07, 6.45) is 2.60. The number of nitrogens with one attached hydrogen (secondary N) is 2. The first-order chi connectivity index (χ1) is 15.0. The molecule has 0 fully saturated rings. The molecule has 8 nitrogen and oxygen atoms in total. The standard InChI is InChI=1S/C23H22N4O4/c1-14(24-12-11-15-13-25-17-8-4-3-7-16(15)17)20-21(28)26-23(30)27(22(20)29)18-9-5-6-10-19(18)31-2/h3-10,13,25,29H,11-12H2,1-2H3,(H,26,28,30). The first kappa shape index (κ1) is 20.2. The number of aromatic hydroxyl groups is 1. The molecule has 2 aromatic heterocycles. The van der Waals surface area contributed by atoms with Gasteiger partial charge in [-0.3, -0.25) is 14.8 Å². The van der Waals surface area contributed by atoms with Gasteiger partial charge in [0.15, 0.2) is 0 Å². The minimum Gasteiger partial charge on any atom is -0.495 e. The lowest BCUT2D eigenvalue weighted by Gasteiger charge is -2.14. The van der Waals surface area contributed by atoms with Crippen molar-refractivity contribution in [3.63, 3.8) is 0 Å². The maximum absolute atomic E-state index is 12.5. The van der Waals surface area contributed by atoms with Crippen LogP contribution in [0.2, 0.25) is 0 Å². The third kappa shape index (κ3) is 3.75. The summed E-state index contributed by atoms with van der Waals surface area (Å²) in [4.78, 5) is 34.9. The van der Waals surface area contributed by atoms with Crippen LogP contribution in [0.15, 0.2) is 69.3 Å². The van der Waals surface area contributed by atoms with Crippen molar-refractivity contribution >= 4 is 16.6 Å². The normalized spacial score (nSPS) is 11.7. The van der Waals surface area contributed by atoms with Crippen LogP contribution in [0.5, 0.6) is 11.6 Å². The molecular weight excluding hydrogens is 396 g/mol. The number of aliphatic imine (C=N–C) groups is 1. The van der Waals surface area contributed by atoms with E-state index >= 15 is 0 Å². The zero-order chi connectivity index (χ0) is 22.0. The highest BCUT2D eigenvalue weighted by atomic mass is 16.5. The molecule has 8 heteroatoms. The van der Waals surface area contributed by atoms with Crippen LogP contribution in [0.4, 0.5) is 0 Å². The molecular formula is C23H22N4O4. The summed E-state index contributed by atoms with van der Waals surface area (Å²) in [5.74, 6) is -0.0987. The van der Waals surface area contributed by atoms with Crippen LogP contribution in [0.3, 0.4) is 0 Å². The second kappa shape index (κ2) is 8.35. The van der Waals surface area contributed by atoms with Gasteiger partial charge in [-0.1, -0.05) is 30.3 Å². The maximum atomic E-state index is 12.5. The molecule has 0 saturated heterocycles. The summed E-state index contributed by atoms with van der Waals surface area (Å²) < 4.78 is 6.29. The zero-order valence-electron chi connectivity index (χ0n) is 17.2. The number of aromatic nitrogens is 3. The van der Waals surface area contributed by atoms with E-state index in [2.05, 4.69) is 15.0 Å². The van der Waals surface area contributed by atoms with E-state index in [1.807, 2.05) is 30.5 Å². The van der Waals surface area contributed by atoms with Crippen LogP contribution >= 0.6 is 0 Å². The fourth-order valence-electron chi connectivity index (χ4n) is 3.65. The molecule has 2 aromatic carbocycles. The Bertz CT molecular complexity index is 1390. The van der Waals surface area contributed by atoms with Crippen molar-refractivity contribution < 1.29 is 9.84 Å². The zero-order valence-corrected chi connectivity index (χ0v) is 17.2. The SMILES string of the molecule is COc1ccccc1-n1c(O)c(C(C)=NCCc2c[nH]c3ccccc23)c(=O)[nH]c1=O. The second-order valence-electron chi connectivity index (χ2n) is 7.04. The smallest absolute Gasteiger partial charge is 0.335 e. The molecule has 31 heavy (non-hydrogen) atoms. The summed E-state index contributed by atoms with van der Waals surface area (Å²) in [6, 6.07) is 14.7. The lowest BCUT2D eigenvalue weighted by atomic mass is 10.1. The van der Waals surface area contributed by atoms with Gasteiger partial charge >= 0.3 is 5.69 Å². The largest absolute Gasteiger partial charge is 0.495 e.